The third-order valence-electron chi connectivity index (χ3n) is 2.57. The molecule has 0 aliphatic heterocycles. The van der Waals surface area contributed by atoms with E-state index in [-0.39, 0.29) is 0 Å². The van der Waals surface area contributed by atoms with Crippen LogP contribution in [0.15, 0.2) is 47.1 Å². The predicted octanol–water partition coefficient (Wildman–Crippen LogP) is 3.84. The minimum absolute atomic E-state index is 0.744. The fraction of sp³-hybridized carbons (Fsp3) is 0.286. The molecule has 16 heavy (non-hydrogen) atoms. The highest BCUT2D eigenvalue weighted by Gasteiger charge is 2.01. The average molecular weight is 215 g/mol. The van der Waals surface area contributed by atoms with Crippen LogP contribution in [0.3, 0.4) is 0 Å². The number of hydrogen-bond donors (Lipinski definition) is 1. The third kappa shape index (κ3) is 2.66. The van der Waals surface area contributed by atoms with Crippen molar-refractivity contribution >= 4 is 5.69 Å². The van der Waals surface area contributed by atoms with Crippen LogP contribution in [0, 0.1) is 0 Å². The molecule has 0 atom stereocenters. The molecule has 1 aromatic carbocycles. The van der Waals surface area contributed by atoms with Gasteiger partial charge in [-0.25, -0.2) is 0 Å². The Kier molecular flexibility index (Phi) is 3.65. The molecule has 0 aliphatic carbocycles. The van der Waals surface area contributed by atoms with Gasteiger partial charge in [-0.3, -0.25) is 0 Å². The monoisotopic (exact) mass is 215 g/mol. The number of nitrogens with one attached hydrogen (secondary N) is 1. The lowest BCUT2D eigenvalue weighted by Gasteiger charge is -2.10. The standard InChI is InChI=1S/C14H17NO/c1-2-6-12-7-3-4-9-14(12)15-11-13-8-5-10-16-13/h3-5,7-10,15H,2,6,11H2,1H3. The van der Waals surface area contributed by atoms with Crippen LogP contribution in [-0.2, 0) is 13.0 Å². The summed E-state index contributed by atoms with van der Waals surface area (Å²) < 4.78 is 5.29. The Morgan fingerprint density at radius 3 is 2.75 bits per heavy atom. The molecule has 2 nitrogen and oxygen atoms in total. The Bertz CT molecular complexity index is 420. The molecule has 0 amide bonds. The molecule has 1 heterocycles. The smallest absolute Gasteiger partial charge is 0.122 e. The summed E-state index contributed by atoms with van der Waals surface area (Å²) in [6.45, 7) is 2.94. The van der Waals surface area contributed by atoms with Gasteiger partial charge in [-0.05, 0) is 30.2 Å². The first-order valence-electron chi connectivity index (χ1n) is 5.74. The molecule has 0 spiro atoms. The molecular weight excluding hydrogens is 198 g/mol. The number of aryl methyl sites for hydroxylation is 1. The molecule has 2 heteroatoms. The van der Waals surface area contributed by atoms with Gasteiger partial charge in [0.1, 0.15) is 5.76 Å². The second kappa shape index (κ2) is 5.40. The van der Waals surface area contributed by atoms with E-state index in [1.54, 1.807) is 6.26 Å². The maximum atomic E-state index is 5.29. The molecule has 1 aromatic heterocycles. The highest BCUT2D eigenvalue weighted by Crippen LogP contribution is 2.17. The van der Waals surface area contributed by atoms with Gasteiger partial charge >= 0.3 is 0 Å². The van der Waals surface area contributed by atoms with E-state index in [9.17, 15) is 0 Å². The SMILES string of the molecule is CCCc1ccccc1NCc1ccco1. The minimum atomic E-state index is 0.744. The fourth-order valence-electron chi connectivity index (χ4n) is 1.78. The van der Waals surface area contributed by atoms with E-state index in [1.165, 1.54) is 17.7 Å². The van der Waals surface area contributed by atoms with Crippen LogP contribution in [0.2, 0.25) is 0 Å². The Labute approximate surface area is 96.3 Å². The van der Waals surface area contributed by atoms with E-state index in [0.29, 0.717) is 0 Å². The first-order valence-corrected chi connectivity index (χ1v) is 5.74. The molecule has 0 saturated carbocycles. The normalized spacial score (nSPS) is 10.3. The highest BCUT2D eigenvalue weighted by molar-refractivity contribution is 5.51. The molecule has 2 rings (SSSR count). The van der Waals surface area contributed by atoms with E-state index in [2.05, 4.69) is 36.5 Å². The molecule has 0 radical (unpaired) electrons. The van der Waals surface area contributed by atoms with Crippen LogP contribution >= 0.6 is 0 Å². The lowest BCUT2D eigenvalue weighted by molar-refractivity contribution is 0.518. The largest absolute Gasteiger partial charge is 0.467 e. The molecule has 0 saturated heterocycles. The summed E-state index contributed by atoms with van der Waals surface area (Å²) in [4.78, 5) is 0. The Balaban J connectivity index is 2.03. The number of para-hydroxylation sites is 1. The molecule has 0 bridgehead atoms. The topological polar surface area (TPSA) is 25.2 Å². The number of hydrogen-bond acceptors (Lipinski definition) is 2. The van der Waals surface area contributed by atoms with Crippen LogP contribution in [0.25, 0.3) is 0 Å². The minimum Gasteiger partial charge on any atom is -0.467 e. The third-order valence-corrected chi connectivity index (χ3v) is 2.57. The summed E-state index contributed by atoms with van der Waals surface area (Å²) in [5, 5.41) is 3.41. The van der Waals surface area contributed by atoms with Crippen LogP contribution in [0.4, 0.5) is 5.69 Å². The van der Waals surface area contributed by atoms with E-state index in [4.69, 9.17) is 4.42 Å². The average Bonchev–Trinajstić information content (AvgIpc) is 2.81. The molecular formula is C14H17NO. The van der Waals surface area contributed by atoms with Crippen LogP contribution < -0.4 is 5.32 Å². The summed E-state index contributed by atoms with van der Waals surface area (Å²) in [6, 6.07) is 12.3. The van der Waals surface area contributed by atoms with Crippen molar-refractivity contribution in [2.75, 3.05) is 5.32 Å². The van der Waals surface area contributed by atoms with Crippen molar-refractivity contribution in [3.8, 4) is 0 Å². The van der Waals surface area contributed by atoms with Crippen molar-refractivity contribution in [1.29, 1.82) is 0 Å². The number of anilines is 1. The molecule has 2 aromatic rings. The molecule has 0 fully saturated rings. The van der Waals surface area contributed by atoms with Crippen LogP contribution in [-0.4, -0.2) is 0 Å². The van der Waals surface area contributed by atoms with Crippen molar-refractivity contribution in [2.45, 2.75) is 26.3 Å². The molecule has 0 aliphatic rings. The van der Waals surface area contributed by atoms with E-state index in [1.807, 2.05) is 12.1 Å². The van der Waals surface area contributed by atoms with E-state index in [0.717, 1.165) is 18.7 Å². The van der Waals surface area contributed by atoms with Gasteiger partial charge in [0.15, 0.2) is 0 Å². The zero-order valence-electron chi connectivity index (χ0n) is 9.57. The molecule has 84 valence electrons. The Hall–Kier alpha value is -1.70. The molecule has 1 N–H and O–H groups in total. The van der Waals surface area contributed by atoms with Crippen molar-refractivity contribution in [3.05, 3.63) is 54.0 Å². The van der Waals surface area contributed by atoms with Crippen molar-refractivity contribution in [3.63, 3.8) is 0 Å². The summed E-state index contributed by atoms with van der Waals surface area (Å²) in [7, 11) is 0. The second-order valence-electron chi connectivity index (χ2n) is 3.84. The second-order valence-corrected chi connectivity index (χ2v) is 3.84. The van der Waals surface area contributed by atoms with Gasteiger partial charge in [0.2, 0.25) is 0 Å². The van der Waals surface area contributed by atoms with Gasteiger partial charge < -0.3 is 9.73 Å². The fourth-order valence-corrected chi connectivity index (χ4v) is 1.78. The zero-order chi connectivity index (χ0) is 11.2. The zero-order valence-corrected chi connectivity index (χ0v) is 9.57. The summed E-state index contributed by atoms with van der Waals surface area (Å²) >= 11 is 0. The number of rotatable bonds is 5. The first kappa shape index (κ1) is 10.8. The van der Waals surface area contributed by atoms with Gasteiger partial charge in [0.05, 0.1) is 12.8 Å². The number of benzene rings is 1. The van der Waals surface area contributed by atoms with E-state index >= 15 is 0 Å². The Morgan fingerprint density at radius 1 is 1.12 bits per heavy atom. The van der Waals surface area contributed by atoms with Crippen LogP contribution in [0.5, 0.6) is 0 Å². The van der Waals surface area contributed by atoms with Gasteiger partial charge in [-0.15, -0.1) is 0 Å². The van der Waals surface area contributed by atoms with Gasteiger partial charge in [0.25, 0.3) is 0 Å². The van der Waals surface area contributed by atoms with E-state index < -0.39 is 0 Å². The first-order chi connectivity index (χ1) is 7.90. The lowest BCUT2D eigenvalue weighted by Crippen LogP contribution is -2.01. The van der Waals surface area contributed by atoms with Crippen molar-refractivity contribution in [1.82, 2.24) is 0 Å². The van der Waals surface area contributed by atoms with Gasteiger partial charge in [0, 0.05) is 5.69 Å². The maximum absolute atomic E-state index is 5.29. The van der Waals surface area contributed by atoms with Crippen molar-refractivity contribution in [2.24, 2.45) is 0 Å². The van der Waals surface area contributed by atoms with Crippen LogP contribution in [0.1, 0.15) is 24.7 Å². The van der Waals surface area contributed by atoms with Gasteiger partial charge in [-0.1, -0.05) is 31.5 Å². The van der Waals surface area contributed by atoms with Gasteiger partial charge in [-0.2, -0.15) is 0 Å². The molecule has 0 unspecified atom stereocenters. The maximum Gasteiger partial charge on any atom is 0.122 e. The number of furan rings is 1. The summed E-state index contributed by atoms with van der Waals surface area (Å²) in [6.07, 6.45) is 3.98. The lowest BCUT2D eigenvalue weighted by atomic mass is 10.1. The quantitative estimate of drug-likeness (QED) is 0.819. The summed E-state index contributed by atoms with van der Waals surface area (Å²) in [5.41, 5.74) is 2.58. The summed E-state index contributed by atoms with van der Waals surface area (Å²) in [5.74, 6) is 0.964. The Morgan fingerprint density at radius 2 is 2.00 bits per heavy atom. The van der Waals surface area contributed by atoms with Crippen molar-refractivity contribution < 1.29 is 4.42 Å². The highest BCUT2D eigenvalue weighted by atomic mass is 16.3. The predicted molar refractivity (Wildman–Crippen MR) is 66.5 cm³/mol.